The number of hydrogen-bond donors (Lipinski definition) is 0. The van der Waals surface area contributed by atoms with Crippen LogP contribution in [0.3, 0.4) is 0 Å². The maximum atomic E-state index is 5.74. The van der Waals surface area contributed by atoms with Gasteiger partial charge in [-0.15, -0.1) is 12.8 Å². The molecule has 0 aromatic heterocycles. The Kier molecular flexibility index (Phi) is 4.80. The minimum atomic E-state index is 0.799. The molecule has 0 spiro atoms. The summed E-state index contributed by atoms with van der Waals surface area (Å²) in [5, 5.41) is 0. The van der Waals surface area contributed by atoms with E-state index in [9.17, 15) is 0 Å². The van der Waals surface area contributed by atoms with E-state index in [4.69, 9.17) is 12.8 Å². The topological polar surface area (TPSA) is 6.48 Å². The number of halogens is 1. The number of hydrogen-bond acceptors (Lipinski definition) is 2. The Balaban J connectivity index is 1.97. The number of nitrogens with zero attached hydrogens (tertiary/aromatic N) is 2. The molecule has 1 heterocycles. The van der Waals surface area contributed by atoms with Gasteiger partial charge in [0, 0.05) is 28.7 Å². The summed E-state index contributed by atoms with van der Waals surface area (Å²) in [6, 6.07) is 8.29. The fourth-order valence-corrected chi connectivity index (χ4v) is 4.11. The largest absolute Gasteiger partial charge is 0.338 e. The van der Waals surface area contributed by atoms with E-state index >= 15 is 0 Å². The summed E-state index contributed by atoms with van der Waals surface area (Å²) in [5.41, 5.74) is 7.22. The van der Waals surface area contributed by atoms with Crippen molar-refractivity contribution in [3.8, 4) is 24.7 Å². The van der Waals surface area contributed by atoms with Crippen LogP contribution in [0.25, 0.3) is 0 Å². The second-order valence-corrected chi connectivity index (χ2v) is 7.17. The third kappa shape index (κ3) is 3.26. The summed E-state index contributed by atoms with van der Waals surface area (Å²) < 4.78 is 0.979. The third-order valence-electron chi connectivity index (χ3n) is 4.29. The summed E-state index contributed by atoms with van der Waals surface area (Å²) in [5.74, 6) is 5.60. The second kappa shape index (κ2) is 6.87. The molecule has 0 unspecified atom stereocenters. The molecule has 0 aliphatic carbocycles. The summed E-state index contributed by atoms with van der Waals surface area (Å²) in [4.78, 5) is 4.16. The Labute approximate surface area is 159 Å². The average Bonchev–Trinajstić information content (AvgIpc) is 3.01. The van der Waals surface area contributed by atoms with Crippen molar-refractivity contribution in [3.63, 3.8) is 0 Å². The quantitative estimate of drug-likeness (QED) is 0.688. The van der Waals surface area contributed by atoms with Crippen molar-refractivity contribution < 1.29 is 0 Å². The summed E-state index contributed by atoms with van der Waals surface area (Å²) in [6.07, 6.45) is 11.5. The van der Waals surface area contributed by atoms with Gasteiger partial charge >= 0.3 is 0 Å². The first-order chi connectivity index (χ1) is 11.9. The van der Waals surface area contributed by atoms with E-state index in [0.29, 0.717) is 0 Å². The van der Waals surface area contributed by atoms with Crippen LogP contribution < -0.4 is 9.80 Å². The van der Waals surface area contributed by atoms with Crippen molar-refractivity contribution in [1.29, 1.82) is 0 Å². The second-order valence-electron chi connectivity index (χ2n) is 6.31. The molecule has 1 fully saturated rings. The highest BCUT2D eigenvalue weighted by Crippen LogP contribution is 2.37. The molecule has 1 saturated heterocycles. The van der Waals surface area contributed by atoms with Gasteiger partial charge in [0.1, 0.15) is 0 Å². The highest BCUT2D eigenvalue weighted by atomic mass is 79.9. The fourth-order valence-electron chi connectivity index (χ4n) is 3.32. The van der Waals surface area contributed by atoms with Gasteiger partial charge in [0.15, 0.2) is 0 Å². The SMILES string of the molecule is C#Cc1cc(C)cc(C)c1N1[C]N(c2c(Br)cc(C)cc2C#C)CC1. The number of anilines is 2. The minimum absolute atomic E-state index is 0.799. The molecule has 3 rings (SSSR count). The molecule has 1 aliphatic heterocycles. The maximum Gasteiger partial charge on any atom is 0.208 e. The number of benzene rings is 2. The normalized spacial score (nSPS) is 13.7. The zero-order chi connectivity index (χ0) is 18.1. The zero-order valence-corrected chi connectivity index (χ0v) is 16.2. The number of aryl methyl sites for hydroxylation is 3. The molecule has 2 nitrogen and oxygen atoms in total. The predicted octanol–water partition coefficient (Wildman–Crippen LogP) is 4.66. The van der Waals surface area contributed by atoms with E-state index in [2.05, 4.69) is 70.2 Å². The molecule has 3 heteroatoms. The zero-order valence-electron chi connectivity index (χ0n) is 14.7. The lowest BCUT2D eigenvalue weighted by atomic mass is 10.0. The molecular formula is C22H19BrN2. The first-order valence-corrected chi connectivity index (χ1v) is 8.90. The molecule has 124 valence electrons. The maximum absolute atomic E-state index is 5.74. The van der Waals surface area contributed by atoms with Crippen molar-refractivity contribution in [3.05, 3.63) is 63.2 Å². The van der Waals surface area contributed by atoms with Crippen LogP contribution >= 0.6 is 15.9 Å². The third-order valence-corrected chi connectivity index (χ3v) is 4.90. The Morgan fingerprint density at radius 1 is 0.880 bits per heavy atom. The molecule has 2 aromatic carbocycles. The highest BCUT2D eigenvalue weighted by Gasteiger charge is 2.28. The van der Waals surface area contributed by atoms with Gasteiger partial charge in [0.2, 0.25) is 6.67 Å². The Bertz CT molecular complexity index is 840. The van der Waals surface area contributed by atoms with Crippen molar-refractivity contribution >= 4 is 27.3 Å². The molecule has 2 radical (unpaired) electrons. The number of rotatable bonds is 2. The lowest BCUT2D eigenvalue weighted by molar-refractivity contribution is 1.02. The van der Waals surface area contributed by atoms with Gasteiger partial charge in [-0.1, -0.05) is 17.9 Å². The summed E-state index contributed by atoms with van der Waals surface area (Å²) >= 11 is 3.65. The first-order valence-electron chi connectivity index (χ1n) is 8.10. The van der Waals surface area contributed by atoms with Crippen LogP contribution in [0.4, 0.5) is 11.4 Å². The lowest BCUT2D eigenvalue weighted by Gasteiger charge is -2.24. The molecule has 25 heavy (non-hydrogen) atoms. The van der Waals surface area contributed by atoms with Crippen LogP contribution in [0.2, 0.25) is 0 Å². The molecule has 1 aliphatic rings. The van der Waals surface area contributed by atoms with Crippen LogP contribution in [0, 0.1) is 52.1 Å². The molecular weight excluding hydrogens is 372 g/mol. The van der Waals surface area contributed by atoms with Crippen LogP contribution in [0.1, 0.15) is 27.8 Å². The Morgan fingerprint density at radius 3 is 2.00 bits per heavy atom. The average molecular weight is 391 g/mol. The molecule has 0 N–H and O–H groups in total. The highest BCUT2D eigenvalue weighted by molar-refractivity contribution is 9.10. The van der Waals surface area contributed by atoms with Crippen LogP contribution in [0.15, 0.2) is 28.7 Å². The van der Waals surface area contributed by atoms with Gasteiger partial charge < -0.3 is 9.80 Å². The van der Waals surface area contributed by atoms with Crippen molar-refractivity contribution in [2.75, 3.05) is 22.9 Å². The van der Waals surface area contributed by atoms with Crippen molar-refractivity contribution in [2.24, 2.45) is 0 Å². The molecule has 0 bridgehead atoms. The van der Waals surface area contributed by atoms with Gasteiger partial charge in [0.05, 0.1) is 11.4 Å². The van der Waals surface area contributed by atoms with E-state index in [1.807, 2.05) is 19.1 Å². The lowest BCUT2D eigenvalue weighted by Crippen LogP contribution is -2.21. The smallest absolute Gasteiger partial charge is 0.208 e. The standard InChI is InChI=1S/C22H19BrN2/c1-6-18-11-15(3)10-17(5)21(18)24-8-9-25(14-24)22-19(7-2)12-16(4)13-20(22)23/h1-2,10-13H,8-9H2,3-5H3. The van der Waals surface area contributed by atoms with E-state index < -0.39 is 0 Å². The Hall–Kier alpha value is -2.36. The van der Waals surface area contributed by atoms with Gasteiger partial charge in [-0.3, -0.25) is 0 Å². The number of terminal acetylenes is 2. The molecule has 0 atom stereocenters. The van der Waals surface area contributed by atoms with E-state index in [-0.39, 0.29) is 0 Å². The minimum Gasteiger partial charge on any atom is -0.338 e. The van der Waals surface area contributed by atoms with Crippen molar-refractivity contribution in [1.82, 2.24) is 0 Å². The fraction of sp³-hybridized carbons (Fsp3) is 0.227. The first kappa shape index (κ1) is 17.5. The monoisotopic (exact) mass is 390 g/mol. The van der Waals surface area contributed by atoms with Gasteiger partial charge in [-0.25, -0.2) is 0 Å². The molecule has 0 saturated carbocycles. The van der Waals surface area contributed by atoms with Crippen molar-refractivity contribution in [2.45, 2.75) is 20.8 Å². The van der Waals surface area contributed by atoms with E-state index in [0.717, 1.165) is 51.2 Å². The van der Waals surface area contributed by atoms with Gasteiger partial charge in [-0.2, -0.15) is 0 Å². The van der Waals surface area contributed by atoms with E-state index in [1.54, 1.807) is 0 Å². The van der Waals surface area contributed by atoms with Crippen LogP contribution in [-0.2, 0) is 0 Å². The van der Waals surface area contributed by atoms with Crippen LogP contribution in [-0.4, -0.2) is 13.1 Å². The molecule has 0 amide bonds. The molecule has 2 aromatic rings. The van der Waals surface area contributed by atoms with Gasteiger partial charge in [0.25, 0.3) is 0 Å². The van der Waals surface area contributed by atoms with Gasteiger partial charge in [-0.05, 0) is 71.6 Å². The van der Waals surface area contributed by atoms with E-state index in [1.165, 1.54) is 5.56 Å². The van der Waals surface area contributed by atoms with Crippen LogP contribution in [0.5, 0.6) is 0 Å². The summed E-state index contributed by atoms with van der Waals surface area (Å²) in [7, 11) is 0. The summed E-state index contributed by atoms with van der Waals surface area (Å²) in [6.45, 7) is 11.2. The Morgan fingerprint density at radius 2 is 1.40 bits per heavy atom. The predicted molar refractivity (Wildman–Crippen MR) is 109 cm³/mol.